The quantitative estimate of drug-likeness (QED) is 0.654. The van der Waals surface area contributed by atoms with Gasteiger partial charge in [0.2, 0.25) is 0 Å². The van der Waals surface area contributed by atoms with Crippen molar-refractivity contribution in [1.82, 2.24) is 0 Å². The van der Waals surface area contributed by atoms with E-state index in [4.69, 9.17) is 0 Å². The summed E-state index contributed by atoms with van der Waals surface area (Å²) < 4.78 is 0. The number of benzene rings is 2. The van der Waals surface area contributed by atoms with Crippen LogP contribution in [0.15, 0.2) is 72.8 Å². The lowest BCUT2D eigenvalue weighted by molar-refractivity contribution is 0.326. The van der Waals surface area contributed by atoms with Crippen molar-refractivity contribution in [3.63, 3.8) is 0 Å². The highest BCUT2D eigenvalue weighted by Gasteiger charge is 2.49. The molecule has 0 radical (unpaired) electrons. The van der Waals surface area contributed by atoms with E-state index in [2.05, 4.69) is 72.8 Å². The Bertz CT molecular complexity index is 766. The molecule has 0 saturated heterocycles. The Hall–Kier alpha value is -2.08. The molecule has 2 fully saturated rings. The molecule has 3 aliphatic carbocycles. The van der Waals surface area contributed by atoms with Gasteiger partial charge in [0.25, 0.3) is 0 Å². The van der Waals surface area contributed by atoms with E-state index in [-0.39, 0.29) is 0 Å². The van der Waals surface area contributed by atoms with Crippen LogP contribution in [0.5, 0.6) is 0 Å². The monoisotopic (exact) mass is 298 g/mol. The van der Waals surface area contributed by atoms with E-state index in [0.717, 1.165) is 23.7 Å². The summed E-state index contributed by atoms with van der Waals surface area (Å²) in [7, 11) is 0. The van der Waals surface area contributed by atoms with Crippen LogP contribution in [0, 0.1) is 23.7 Å². The average molecular weight is 298 g/mol. The van der Waals surface area contributed by atoms with E-state index in [1.165, 1.54) is 36.0 Å². The SMILES string of the molecule is C1=C(c2ccccc2)C=C(c2ccccc2)[C@H]2[C@@H]3CC[C@@H](C3)[C@@H]12. The van der Waals surface area contributed by atoms with Gasteiger partial charge in [-0.3, -0.25) is 0 Å². The van der Waals surface area contributed by atoms with Gasteiger partial charge >= 0.3 is 0 Å². The van der Waals surface area contributed by atoms with E-state index in [0.29, 0.717) is 0 Å². The van der Waals surface area contributed by atoms with Crippen LogP contribution in [0.3, 0.4) is 0 Å². The fraction of sp³-hybridized carbons (Fsp3) is 0.304. The second-order valence-electron chi connectivity index (χ2n) is 7.39. The topological polar surface area (TPSA) is 0 Å². The summed E-state index contributed by atoms with van der Waals surface area (Å²) in [5.41, 5.74) is 5.81. The molecule has 0 heterocycles. The molecule has 114 valence electrons. The number of hydrogen-bond donors (Lipinski definition) is 0. The van der Waals surface area contributed by atoms with Gasteiger partial charge in [-0.2, -0.15) is 0 Å². The highest BCUT2D eigenvalue weighted by molar-refractivity contribution is 5.87. The smallest absolute Gasteiger partial charge is 0.00614 e. The third-order valence-electron chi connectivity index (χ3n) is 6.24. The van der Waals surface area contributed by atoms with Crippen molar-refractivity contribution in [2.75, 3.05) is 0 Å². The first-order chi connectivity index (χ1) is 11.4. The van der Waals surface area contributed by atoms with Crippen LogP contribution in [-0.2, 0) is 0 Å². The third kappa shape index (κ3) is 2.12. The van der Waals surface area contributed by atoms with Crippen molar-refractivity contribution in [2.24, 2.45) is 23.7 Å². The zero-order valence-electron chi connectivity index (χ0n) is 13.4. The van der Waals surface area contributed by atoms with Gasteiger partial charge in [0.1, 0.15) is 0 Å². The molecule has 2 bridgehead atoms. The van der Waals surface area contributed by atoms with Crippen molar-refractivity contribution >= 4 is 11.1 Å². The van der Waals surface area contributed by atoms with Gasteiger partial charge in [0.15, 0.2) is 0 Å². The van der Waals surface area contributed by atoms with Gasteiger partial charge in [0.05, 0.1) is 0 Å². The second kappa shape index (κ2) is 5.23. The van der Waals surface area contributed by atoms with Crippen LogP contribution in [0.4, 0.5) is 0 Å². The summed E-state index contributed by atoms with van der Waals surface area (Å²) in [5, 5.41) is 0. The van der Waals surface area contributed by atoms with E-state index >= 15 is 0 Å². The summed E-state index contributed by atoms with van der Waals surface area (Å²) in [6, 6.07) is 22.0. The summed E-state index contributed by atoms with van der Waals surface area (Å²) in [6.45, 7) is 0. The highest BCUT2D eigenvalue weighted by atomic mass is 14.5. The van der Waals surface area contributed by atoms with Crippen molar-refractivity contribution in [3.05, 3.63) is 83.9 Å². The fourth-order valence-electron chi connectivity index (χ4n) is 5.27. The Labute approximate surface area is 138 Å². The number of fused-ring (bicyclic) bond motifs is 5. The van der Waals surface area contributed by atoms with Gasteiger partial charge in [0, 0.05) is 0 Å². The first kappa shape index (κ1) is 13.4. The lowest BCUT2D eigenvalue weighted by atomic mass is 9.69. The van der Waals surface area contributed by atoms with E-state index in [1.807, 2.05) is 0 Å². The lowest BCUT2D eigenvalue weighted by Gasteiger charge is -2.35. The summed E-state index contributed by atoms with van der Waals surface area (Å²) >= 11 is 0. The standard InChI is InChI=1S/C23H22/c1-3-7-16(8-4-1)20-14-21(17-9-5-2-6-10-17)23-19-12-11-18(13-19)22(23)15-20/h1-10,14-15,18-19,22-23H,11-13H2/t18-,19+,22+,23+/m0/s1. The molecule has 5 rings (SSSR count). The van der Waals surface area contributed by atoms with Crippen LogP contribution < -0.4 is 0 Å². The summed E-state index contributed by atoms with van der Waals surface area (Å²) in [5.74, 6) is 3.33. The van der Waals surface area contributed by atoms with Gasteiger partial charge in [-0.15, -0.1) is 0 Å². The van der Waals surface area contributed by atoms with Crippen molar-refractivity contribution in [1.29, 1.82) is 0 Å². The summed E-state index contributed by atoms with van der Waals surface area (Å²) in [4.78, 5) is 0. The molecule has 0 heteroatoms. The van der Waals surface area contributed by atoms with Crippen LogP contribution in [0.1, 0.15) is 30.4 Å². The fourth-order valence-corrected chi connectivity index (χ4v) is 5.27. The molecule has 0 nitrogen and oxygen atoms in total. The molecular formula is C23H22. The number of allylic oxidation sites excluding steroid dienone is 4. The molecule has 2 aromatic carbocycles. The van der Waals surface area contributed by atoms with Crippen LogP contribution in [-0.4, -0.2) is 0 Å². The summed E-state index contributed by atoms with van der Waals surface area (Å²) in [6.07, 6.45) is 9.39. The molecule has 0 amide bonds. The maximum Gasteiger partial charge on any atom is -0.00614 e. The van der Waals surface area contributed by atoms with E-state index in [1.54, 1.807) is 5.57 Å². The van der Waals surface area contributed by atoms with E-state index in [9.17, 15) is 0 Å². The number of hydrogen-bond acceptors (Lipinski definition) is 0. The van der Waals surface area contributed by atoms with Crippen molar-refractivity contribution in [3.8, 4) is 0 Å². The Morgan fingerprint density at radius 2 is 1.35 bits per heavy atom. The third-order valence-corrected chi connectivity index (χ3v) is 6.24. The number of rotatable bonds is 2. The molecule has 23 heavy (non-hydrogen) atoms. The second-order valence-corrected chi connectivity index (χ2v) is 7.39. The van der Waals surface area contributed by atoms with Crippen LogP contribution >= 0.6 is 0 Å². The van der Waals surface area contributed by atoms with Gasteiger partial charge in [-0.1, -0.05) is 72.8 Å². The molecule has 4 atom stereocenters. The zero-order valence-corrected chi connectivity index (χ0v) is 13.4. The van der Waals surface area contributed by atoms with Gasteiger partial charge in [-0.25, -0.2) is 0 Å². The molecule has 3 aliphatic rings. The van der Waals surface area contributed by atoms with Crippen LogP contribution in [0.25, 0.3) is 11.1 Å². The van der Waals surface area contributed by atoms with Crippen molar-refractivity contribution < 1.29 is 0 Å². The van der Waals surface area contributed by atoms with Gasteiger partial charge < -0.3 is 0 Å². The maximum absolute atomic E-state index is 2.59. The predicted molar refractivity (Wildman–Crippen MR) is 96.6 cm³/mol. The highest BCUT2D eigenvalue weighted by Crippen LogP contribution is 2.59. The molecule has 0 spiro atoms. The Morgan fingerprint density at radius 3 is 2.09 bits per heavy atom. The minimum absolute atomic E-state index is 0.753. The first-order valence-electron chi connectivity index (χ1n) is 8.94. The minimum Gasteiger partial charge on any atom is -0.0726 e. The molecule has 0 aromatic heterocycles. The van der Waals surface area contributed by atoms with Crippen molar-refractivity contribution in [2.45, 2.75) is 19.3 Å². The normalized spacial score (nSPS) is 31.5. The van der Waals surface area contributed by atoms with Gasteiger partial charge in [-0.05, 0) is 65.2 Å². The van der Waals surface area contributed by atoms with E-state index < -0.39 is 0 Å². The molecule has 2 saturated carbocycles. The predicted octanol–water partition coefficient (Wildman–Crippen LogP) is 5.83. The minimum atomic E-state index is 0.753. The lowest BCUT2D eigenvalue weighted by Crippen LogP contribution is -2.24. The molecular weight excluding hydrogens is 276 g/mol. The molecule has 0 N–H and O–H groups in total. The largest absolute Gasteiger partial charge is 0.0726 e. The molecule has 0 unspecified atom stereocenters. The molecule has 2 aromatic rings. The zero-order chi connectivity index (χ0) is 15.2. The first-order valence-corrected chi connectivity index (χ1v) is 8.94. The van der Waals surface area contributed by atoms with Crippen LogP contribution in [0.2, 0.25) is 0 Å². The Balaban J connectivity index is 1.64. The Kier molecular flexibility index (Phi) is 3.04. The average Bonchev–Trinajstić information content (AvgIpc) is 3.25. The molecule has 0 aliphatic heterocycles. The Morgan fingerprint density at radius 1 is 0.696 bits per heavy atom. The maximum atomic E-state index is 2.59.